The van der Waals surface area contributed by atoms with Gasteiger partial charge in [0.05, 0.1) is 0 Å². The zero-order chi connectivity index (χ0) is 12.1. The highest BCUT2D eigenvalue weighted by Crippen LogP contribution is 2.21. The summed E-state index contributed by atoms with van der Waals surface area (Å²) >= 11 is 3.43. The molecule has 0 saturated heterocycles. The maximum atomic E-state index is 13.4. The van der Waals surface area contributed by atoms with Crippen molar-refractivity contribution in [2.45, 2.75) is 26.7 Å². The van der Waals surface area contributed by atoms with E-state index in [2.05, 4.69) is 29.8 Å². The molecule has 3 heteroatoms. The molecule has 1 unspecified atom stereocenters. The van der Waals surface area contributed by atoms with E-state index < -0.39 is 11.6 Å². The maximum Gasteiger partial charge on any atom is 0.162 e. The average Bonchev–Trinajstić information content (AvgIpc) is 2.23. The van der Waals surface area contributed by atoms with Gasteiger partial charge < -0.3 is 0 Å². The number of halogens is 3. The van der Waals surface area contributed by atoms with E-state index in [-0.39, 0.29) is 0 Å². The van der Waals surface area contributed by atoms with E-state index >= 15 is 0 Å². The molecule has 0 nitrogen and oxygen atoms in total. The third-order valence-electron chi connectivity index (χ3n) is 2.56. The Labute approximate surface area is 104 Å². The third-order valence-corrected chi connectivity index (χ3v) is 3.48. The van der Waals surface area contributed by atoms with Crippen LogP contribution in [0, 0.1) is 23.5 Å². The fourth-order valence-electron chi connectivity index (χ4n) is 1.88. The Bertz CT molecular complexity index is 337. The largest absolute Gasteiger partial charge is 0.204 e. The quantitative estimate of drug-likeness (QED) is 0.697. The zero-order valence-electron chi connectivity index (χ0n) is 9.64. The first-order valence-electron chi connectivity index (χ1n) is 5.53. The molecule has 1 rings (SSSR count). The molecule has 0 fully saturated rings. The van der Waals surface area contributed by atoms with Crippen molar-refractivity contribution in [1.82, 2.24) is 0 Å². The molecule has 0 spiro atoms. The molecular formula is C13H17BrF2. The summed E-state index contributed by atoms with van der Waals surface area (Å²) in [6.45, 7) is 4.27. The second-order valence-electron chi connectivity index (χ2n) is 4.57. The van der Waals surface area contributed by atoms with Gasteiger partial charge in [0, 0.05) is 5.33 Å². The minimum absolute atomic E-state index is 0.358. The van der Waals surface area contributed by atoms with Gasteiger partial charge in [0.25, 0.3) is 0 Å². The Kier molecular flexibility index (Phi) is 5.39. The van der Waals surface area contributed by atoms with E-state index in [4.69, 9.17) is 0 Å². The van der Waals surface area contributed by atoms with Crippen LogP contribution in [-0.4, -0.2) is 5.33 Å². The second-order valence-corrected chi connectivity index (χ2v) is 5.21. The van der Waals surface area contributed by atoms with Crippen molar-refractivity contribution in [3.63, 3.8) is 0 Å². The van der Waals surface area contributed by atoms with Gasteiger partial charge in [0.15, 0.2) is 11.6 Å². The number of rotatable bonds is 5. The molecular weight excluding hydrogens is 274 g/mol. The van der Waals surface area contributed by atoms with Gasteiger partial charge in [-0.3, -0.25) is 0 Å². The number of benzene rings is 1. The first-order chi connectivity index (χ1) is 7.54. The van der Waals surface area contributed by atoms with Gasteiger partial charge in [-0.2, -0.15) is 0 Å². The lowest BCUT2D eigenvalue weighted by Gasteiger charge is -2.16. The average molecular weight is 291 g/mol. The standard InChI is InChI=1S/C13H17BrF2/c1-9(2)6-10(8-14)7-11-4-3-5-12(15)13(11)16/h3-5,9-10H,6-8H2,1-2H3. The summed E-state index contributed by atoms with van der Waals surface area (Å²) in [5, 5.41) is 0.821. The van der Waals surface area contributed by atoms with E-state index in [0.717, 1.165) is 17.8 Å². The topological polar surface area (TPSA) is 0 Å². The normalized spacial score (nSPS) is 13.1. The molecule has 1 aromatic rings. The Hall–Kier alpha value is -0.440. The molecule has 0 radical (unpaired) electrons. The van der Waals surface area contributed by atoms with Gasteiger partial charge in [0.1, 0.15) is 0 Å². The summed E-state index contributed by atoms with van der Waals surface area (Å²) in [7, 11) is 0. The number of hydrogen-bond acceptors (Lipinski definition) is 0. The van der Waals surface area contributed by atoms with Crippen molar-refractivity contribution >= 4 is 15.9 Å². The molecule has 0 amide bonds. The molecule has 0 heterocycles. The number of hydrogen-bond donors (Lipinski definition) is 0. The number of alkyl halides is 1. The Morgan fingerprint density at radius 3 is 2.50 bits per heavy atom. The lowest BCUT2D eigenvalue weighted by atomic mass is 9.92. The first-order valence-corrected chi connectivity index (χ1v) is 6.65. The highest BCUT2D eigenvalue weighted by molar-refractivity contribution is 9.09. The van der Waals surface area contributed by atoms with Crippen LogP contribution in [0.3, 0.4) is 0 Å². The molecule has 0 bridgehead atoms. The Morgan fingerprint density at radius 1 is 1.25 bits per heavy atom. The van der Waals surface area contributed by atoms with Crippen LogP contribution in [0.2, 0.25) is 0 Å². The van der Waals surface area contributed by atoms with Gasteiger partial charge >= 0.3 is 0 Å². The molecule has 0 saturated carbocycles. The van der Waals surface area contributed by atoms with Crippen molar-refractivity contribution < 1.29 is 8.78 Å². The Balaban J connectivity index is 2.74. The van der Waals surface area contributed by atoms with Crippen LogP contribution >= 0.6 is 15.9 Å². The van der Waals surface area contributed by atoms with E-state index in [1.807, 2.05) is 0 Å². The SMILES string of the molecule is CC(C)CC(CBr)Cc1cccc(F)c1F. The summed E-state index contributed by atoms with van der Waals surface area (Å²) in [5.74, 6) is -0.525. The maximum absolute atomic E-state index is 13.4. The monoisotopic (exact) mass is 290 g/mol. The van der Waals surface area contributed by atoms with Crippen LogP contribution in [0.15, 0.2) is 18.2 Å². The van der Waals surface area contributed by atoms with Gasteiger partial charge in [0.2, 0.25) is 0 Å². The summed E-state index contributed by atoms with van der Waals surface area (Å²) in [5.41, 5.74) is 0.477. The van der Waals surface area contributed by atoms with Crippen LogP contribution < -0.4 is 0 Å². The summed E-state index contributed by atoms with van der Waals surface area (Å²) in [4.78, 5) is 0. The second kappa shape index (κ2) is 6.33. The molecule has 16 heavy (non-hydrogen) atoms. The van der Waals surface area contributed by atoms with Crippen molar-refractivity contribution in [2.24, 2.45) is 11.8 Å². The highest BCUT2D eigenvalue weighted by Gasteiger charge is 2.14. The Morgan fingerprint density at radius 2 is 1.94 bits per heavy atom. The van der Waals surface area contributed by atoms with E-state index in [1.165, 1.54) is 0 Å². The minimum atomic E-state index is -0.754. The van der Waals surface area contributed by atoms with Gasteiger partial charge in [-0.05, 0) is 36.3 Å². The van der Waals surface area contributed by atoms with Crippen molar-refractivity contribution in [1.29, 1.82) is 0 Å². The van der Waals surface area contributed by atoms with E-state index in [1.54, 1.807) is 12.1 Å². The van der Waals surface area contributed by atoms with Crippen LogP contribution in [0.1, 0.15) is 25.8 Å². The van der Waals surface area contributed by atoms with E-state index in [0.29, 0.717) is 23.8 Å². The minimum Gasteiger partial charge on any atom is -0.204 e. The van der Waals surface area contributed by atoms with Gasteiger partial charge in [-0.15, -0.1) is 0 Å². The van der Waals surface area contributed by atoms with Crippen molar-refractivity contribution in [3.05, 3.63) is 35.4 Å². The fourth-order valence-corrected chi connectivity index (χ4v) is 2.38. The first kappa shape index (κ1) is 13.6. The van der Waals surface area contributed by atoms with Crippen molar-refractivity contribution in [2.75, 3.05) is 5.33 Å². The summed E-state index contributed by atoms with van der Waals surface area (Å²) < 4.78 is 26.5. The predicted molar refractivity (Wildman–Crippen MR) is 66.8 cm³/mol. The molecule has 0 aromatic heterocycles. The molecule has 0 aliphatic carbocycles. The smallest absolute Gasteiger partial charge is 0.162 e. The van der Waals surface area contributed by atoms with Crippen LogP contribution in [0.25, 0.3) is 0 Å². The zero-order valence-corrected chi connectivity index (χ0v) is 11.2. The van der Waals surface area contributed by atoms with Crippen LogP contribution in [-0.2, 0) is 6.42 Å². The van der Waals surface area contributed by atoms with Crippen molar-refractivity contribution in [3.8, 4) is 0 Å². The summed E-state index contributed by atoms with van der Waals surface area (Å²) in [6, 6.07) is 4.38. The molecule has 90 valence electrons. The summed E-state index contributed by atoms with van der Waals surface area (Å²) in [6.07, 6.45) is 1.61. The van der Waals surface area contributed by atoms with Gasteiger partial charge in [-0.1, -0.05) is 41.9 Å². The van der Waals surface area contributed by atoms with Crippen LogP contribution in [0.4, 0.5) is 8.78 Å². The molecule has 1 aromatic carbocycles. The molecule has 0 N–H and O–H groups in total. The fraction of sp³-hybridized carbons (Fsp3) is 0.538. The highest BCUT2D eigenvalue weighted by atomic mass is 79.9. The lowest BCUT2D eigenvalue weighted by Crippen LogP contribution is -2.11. The van der Waals surface area contributed by atoms with Gasteiger partial charge in [-0.25, -0.2) is 8.78 Å². The molecule has 0 aliphatic rings. The predicted octanol–water partition coefficient (Wildman–Crippen LogP) is 4.56. The molecule has 0 aliphatic heterocycles. The third kappa shape index (κ3) is 3.85. The van der Waals surface area contributed by atoms with E-state index in [9.17, 15) is 8.78 Å². The van der Waals surface area contributed by atoms with Crippen LogP contribution in [0.5, 0.6) is 0 Å². The molecule has 1 atom stereocenters. The lowest BCUT2D eigenvalue weighted by molar-refractivity contribution is 0.430.